The van der Waals surface area contributed by atoms with E-state index in [2.05, 4.69) is 0 Å². The summed E-state index contributed by atoms with van der Waals surface area (Å²) in [6.07, 6.45) is 0. The van der Waals surface area contributed by atoms with Crippen LogP contribution < -0.4 is 5.73 Å². The van der Waals surface area contributed by atoms with E-state index in [0.717, 1.165) is 16.2 Å². The fraction of sp³-hybridized carbons (Fsp3) is 0.333. The number of hydrogen-bond acceptors (Lipinski definition) is 2. The molecule has 0 amide bonds. The number of halogens is 2. The lowest BCUT2D eigenvalue weighted by molar-refractivity contribution is 0.657. The average Bonchev–Trinajstić information content (AvgIpc) is 2.14. The van der Waals surface area contributed by atoms with Gasteiger partial charge in [-0.25, -0.2) is 0 Å². The van der Waals surface area contributed by atoms with E-state index in [-0.39, 0.29) is 23.6 Å². The second-order valence-corrected chi connectivity index (χ2v) is 3.00. The van der Waals surface area contributed by atoms with E-state index in [1.807, 2.05) is 6.92 Å². The molecule has 0 saturated heterocycles. The first-order chi connectivity index (χ1) is 4.20. The van der Waals surface area contributed by atoms with Crippen molar-refractivity contribution in [2.75, 3.05) is 0 Å². The van der Waals surface area contributed by atoms with Crippen LogP contribution in [-0.2, 0) is 0 Å². The molecule has 2 N–H and O–H groups in total. The highest BCUT2D eigenvalue weighted by Crippen LogP contribution is 2.19. The van der Waals surface area contributed by atoms with Crippen LogP contribution in [0.1, 0.15) is 17.8 Å². The zero-order chi connectivity index (χ0) is 6.85. The summed E-state index contributed by atoms with van der Waals surface area (Å²) in [5.74, 6) is 0. The molecule has 0 aliphatic carbocycles. The Morgan fingerprint density at radius 3 is 2.40 bits per heavy atom. The standard InChI is InChI=1S/C6H8FNS.ClH/c1-4(8)5-2-3-6(7)9-5;/h2-4H,8H2,1H3;1H. The summed E-state index contributed by atoms with van der Waals surface area (Å²) in [6, 6.07) is 3.10. The van der Waals surface area contributed by atoms with Gasteiger partial charge < -0.3 is 5.73 Å². The monoisotopic (exact) mass is 181 g/mol. The van der Waals surface area contributed by atoms with E-state index in [0.29, 0.717) is 0 Å². The maximum atomic E-state index is 12.3. The van der Waals surface area contributed by atoms with Gasteiger partial charge in [0, 0.05) is 10.9 Å². The molecule has 0 aliphatic rings. The molecule has 0 radical (unpaired) electrons. The normalized spacial score (nSPS) is 12.3. The van der Waals surface area contributed by atoms with Gasteiger partial charge in [-0.05, 0) is 19.1 Å². The predicted molar refractivity (Wildman–Crippen MR) is 44.1 cm³/mol. The summed E-state index contributed by atoms with van der Waals surface area (Å²) in [5.41, 5.74) is 5.47. The highest BCUT2D eigenvalue weighted by Gasteiger charge is 2.01. The summed E-state index contributed by atoms with van der Waals surface area (Å²) < 4.78 is 12.3. The molecule has 58 valence electrons. The van der Waals surface area contributed by atoms with Gasteiger partial charge in [0.25, 0.3) is 0 Å². The van der Waals surface area contributed by atoms with Gasteiger partial charge in [0.15, 0.2) is 5.13 Å². The van der Waals surface area contributed by atoms with Crippen molar-refractivity contribution in [2.24, 2.45) is 5.73 Å². The third kappa shape index (κ3) is 2.25. The lowest BCUT2D eigenvalue weighted by Gasteiger charge is -1.96. The quantitative estimate of drug-likeness (QED) is 0.707. The Kier molecular flexibility index (Phi) is 3.86. The van der Waals surface area contributed by atoms with Gasteiger partial charge in [0.1, 0.15) is 0 Å². The molecule has 1 heterocycles. The van der Waals surface area contributed by atoms with Crippen molar-refractivity contribution in [1.82, 2.24) is 0 Å². The molecule has 1 rings (SSSR count). The van der Waals surface area contributed by atoms with Crippen molar-refractivity contribution in [3.8, 4) is 0 Å². The van der Waals surface area contributed by atoms with Gasteiger partial charge in [-0.2, -0.15) is 4.39 Å². The van der Waals surface area contributed by atoms with E-state index in [4.69, 9.17) is 5.73 Å². The van der Waals surface area contributed by atoms with E-state index < -0.39 is 0 Å². The lowest BCUT2D eigenvalue weighted by atomic mass is 10.3. The second-order valence-electron chi connectivity index (χ2n) is 1.93. The SMILES string of the molecule is CC(N)c1ccc(F)s1.Cl. The average molecular weight is 182 g/mol. The molecule has 1 nitrogen and oxygen atoms in total. The Hall–Kier alpha value is -0.120. The second kappa shape index (κ2) is 3.91. The summed E-state index contributed by atoms with van der Waals surface area (Å²) in [6.45, 7) is 1.84. The van der Waals surface area contributed by atoms with Crippen molar-refractivity contribution in [2.45, 2.75) is 13.0 Å². The van der Waals surface area contributed by atoms with Crippen molar-refractivity contribution < 1.29 is 4.39 Å². The minimum absolute atomic E-state index is 0. The molecule has 0 aromatic carbocycles. The molecule has 0 bridgehead atoms. The largest absolute Gasteiger partial charge is 0.324 e. The third-order valence-corrected chi connectivity index (χ3v) is 2.12. The van der Waals surface area contributed by atoms with Gasteiger partial charge >= 0.3 is 0 Å². The van der Waals surface area contributed by atoms with Crippen molar-refractivity contribution in [3.63, 3.8) is 0 Å². The van der Waals surface area contributed by atoms with E-state index in [1.165, 1.54) is 6.07 Å². The molecular formula is C6H9ClFNS. The maximum absolute atomic E-state index is 12.3. The molecule has 1 aromatic rings. The van der Waals surface area contributed by atoms with Crippen LogP contribution >= 0.6 is 23.7 Å². The van der Waals surface area contributed by atoms with Crippen molar-refractivity contribution in [1.29, 1.82) is 0 Å². The highest BCUT2D eigenvalue weighted by atomic mass is 35.5. The molecular weight excluding hydrogens is 173 g/mol. The molecule has 0 fully saturated rings. The highest BCUT2D eigenvalue weighted by molar-refractivity contribution is 7.10. The molecule has 0 saturated carbocycles. The first kappa shape index (κ1) is 9.88. The minimum atomic E-state index is -0.165. The van der Waals surface area contributed by atoms with Crippen LogP contribution in [0, 0.1) is 5.13 Å². The lowest BCUT2D eigenvalue weighted by Crippen LogP contribution is -2.01. The van der Waals surface area contributed by atoms with Gasteiger partial charge in [0.2, 0.25) is 0 Å². The van der Waals surface area contributed by atoms with Gasteiger partial charge in [-0.15, -0.1) is 23.7 Å². The van der Waals surface area contributed by atoms with E-state index in [9.17, 15) is 4.39 Å². The van der Waals surface area contributed by atoms with Crippen LogP contribution in [0.15, 0.2) is 12.1 Å². The molecule has 0 spiro atoms. The number of rotatable bonds is 1. The van der Waals surface area contributed by atoms with E-state index >= 15 is 0 Å². The summed E-state index contributed by atoms with van der Waals surface area (Å²) in [7, 11) is 0. The number of nitrogens with two attached hydrogens (primary N) is 1. The van der Waals surface area contributed by atoms with Crippen LogP contribution in [0.25, 0.3) is 0 Å². The molecule has 10 heavy (non-hydrogen) atoms. The first-order valence-electron chi connectivity index (χ1n) is 2.71. The smallest absolute Gasteiger partial charge is 0.176 e. The molecule has 1 aromatic heterocycles. The minimum Gasteiger partial charge on any atom is -0.324 e. The first-order valence-corrected chi connectivity index (χ1v) is 3.52. The van der Waals surface area contributed by atoms with E-state index in [1.54, 1.807) is 6.07 Å². The Balaban J connectivity index is 0.000000810. The van der Waals surface area contributed by atoms with Crippen molar-refractivity contribution >= 4 is 23.7 Å². The zero-order valence-electron chi connectivity index (χ0n) is 5.50. The van der Waals surface area contributed by atoms with Crippen LogP contribution in [0.2, 0.25) is 0 Å². The summed E-state index contributed by atoms with van der Waals surface area (Å²) >= 11 is 1.10. The van der Waals surface area contributed by atoms with Crippen LogP contribution in [-0.4, -0.2) is 0 Å². The third-order valence-electron chi connectivity index (χ3n) is 1.04. The van der Waals surface area contributed by atoms with Crippen LogP contribution in [0.4, 0.5) is 4.39 Å². The summed E-state index contributed by atoms with van der Waals surface area (Å²) in [5, 5.41) is -0.165. The fourth-order valence-corrected chi connectivity index (χ4v) is 1.26. The number of thiophene rings is 1. The van der Waals surface area contributed by atoms with Gasteiger partial charge in [-0.1, -0.05) is 0 Å². The van der Waals surface area contributed by atoms with Crippen LogP contribution in [0.3, 0.4) is 0 Å². The molecule has 4 heteroatoms. The molecule has 0 aliphatic heterocycles. The summed E-state index contributed by atoms with van der Waals surface area (Å²) in [4.78, 5) is 0.896. The van der Waals surface area contributed by atoms with Gasteiger partial charge in [-0.3, -0.25) is 0 Å². The number of hydrogen-bond donors (Lipinski definition) is 1. The molecule has 1 atom stereocenters. The Morgan fingerprint density at radius 2 is 2.20 bits per heavy atom. The predicted octanol–water partition coefficient (Wildman–Crippen LogP) is 2.33. The zero-order valence-corrected chi connectivity index (χ0v) is 7.14. The van der Waals surface area contributed by atoms with Gasteiger partial charge in [0.05, 0.1) is 0 Å². The Bertz CT molecular complexity index is 199. The topological polar surface area (TPSA) is 26.0 Å². The molecule has 1 unspecified atom stereocenters. The Labute approximate surface area is 69.5 Å². The maximum Gasteiger partial charge on any atom is 0.176 e. The Morgan fingerprint density at radius 1 is 1.60 bits per heavy atom. The fourth-order valence-electron chi connectivity index (χ4n) is 0.573. The van der Waals surface area contributed by atoms with Crippen molar-refractivity contribution in [3.05, 3.63) is 22.1 Å². The van der Waals surface area contributed by atoms with Crippen LogP contribution in [0.5, 0.6) is 0 Å².